The van der Waals surface area contributed by atoms with Gasteiger partial charge in [-0.3, -0.25) is 4.98 Å². The monoisotopic (exact) mass is 265 g/mol. The smallest absolute Gasteiger partial charge is 0.103 e. The Morgan fingerprint density at radius 3 is 2.50 bits per heavy atom. The van der Waals surface area contributed by atoms with E-state index < -0.39 is 0 Å². The van der Waals surface area contributed by atoms with Gasteiger partial charge in [0.25, 0.3) is 0 Å². The Labute approximate surface area is 120 Å². The summed E-state index contributed by atoms with van der Waals surface area (Å²) in [7, 11) is 0. The van der Waals surface area contributed by atoms with Crippen molar-refractivity contribution in [3.05, 3.63) is 52.8 Å². The minimum Gasteiger partial charge on any atom is -0.354 e. The first-order valence-electron chi connectivity index (χ1n) is 6.88. The number of benzene rings is 1. The molecule has 0 spiro atoms. The summed E-state index contributed by atoms with van der Waals surface area (Å²) in [6.07, 6.45) is 2.24. The molecule has 1 N–H and O–H groups in total. The molecule has 20 heavy (non-hydrogen) atoms. The lowest BCUT2D eigenvalue weighted by Gasteiger charge is -2.11. The lowest BCUT2D eigenvalue weighted by Crippen LogP contribution is -1.99. The summed E-state index contributed by atoms with van der Waals surface area (Å²) in [5, 5.41) is 12.6. The maximum Gasteiger partial charge on any atom is 0.103 e. The van der Waals surface area contributed by atoms with Gasteiger partial charge in [-0.1, -0.05) is 25.5 Å². The quantitative estimate of drug-likeness (QED) is 0.898. The molecule has 0 amide bonds. The van der Waals surface area contributed by atoms with Crippen LogP contribution in [0.4, 0.5) is 11.4 Å². The second-order valence-electron chi connectivity index (χ2n) is 4.96. The molecule has 1 aromatic heterocycles. The number of aryl methyl sites for hydroxylation is 3. The average molecular weight is 265 g/mol. The third-order valence-electron chi connectivity index (χ3n) is 3.21. The Morgan fingerprint density at radius 1 is 1.20 bits per heavy atom. The van der Waals surface area contributed by atoms with E-state index in [9.17, 15) is 5.26 Å². The van der Waals surface area contributed by atoms with Crippen LogP contribution in [0.25, 0.3) is 0 Å². The van der Waals surface area contributed by atoms with E-state index in [4.69, 9.17) is 0 Å². The Kier molecular flexibility index (Phi) is 4.37. The zero-order valence-corrected chi connectivity index (χ0v) is 12.2. The Bertz CT molecular complexity index is 637. The second-order valence-corrected chi connectivity index (χ2v) is 4.96. The number of nitriles is 1. The van der Waals surface area contributed by atoms with Gasteiger partial charge in [0.15, 0.2) is 0 Å². The van der Waals surface area contributed by atoms with Gasteiger partial charge in [0.05, 0.1) is 16.9 Å². The van der Waals surface area contributed by atoms with Crippen molar-refractivity contribution in [3.63, 3.8) is 0 Å². The van der Waals surface area contributed by atoms with Crippen LogP contribution in [0.2, 0.25) is 0 Å². The molecule has 3 heteroatoms. The standard InChI is InChI=1S/C17H19N3/c1-4-5-14-6-8-15(9-7-14)20-17-10-12(2)19-13(3)16(17)11-18/h6-10H,4-5H2,1-3H3,(H,19,20). The molecule has 3 nitrogen and oxygen atoms in total. The predicted molar refractivity (Wildman–Crippen MR) is 82.1 cm³/mol. The van der Waals surface area contributed by atoms with Crippen molar-refractivity contribution in [2.75, 3.05) is 5.32 Å². The summed E-state index contributed by atoms with van der Waals surface area (Å²) in [5.41, 5.74) is 5.42. The molecule has 0 fully saturated rings. The van der Waals surface area contributed by atoms with Crippen LogP contribution < -0.4 is 5.32 Å². The molecule has 0 saturated carbocycles. The molecular weight excluding hydrogens is 246 g/mol. The van der Waals surface area contributed by atoms with Gasteiger partial charge < -0.3 is 5.32 Å². The third-order valence-corrected chi connectivity index (χ3v) is 3.21. The number of nitrogens with zero attached hydrogens (tertiary/aromatic N) is 2. The molecule has 2 aromatic rings. The van der Waals surface area contributed by atoms with Crippen LogP contribution in [0.3, 0.4) is 0 Å². The van der Waals surface area contributed by atoms with E-state index in [-0.39, 0.29) is 0 Å². The van der Waals surface area contributed by atoms with Gasteiger partial charge in [0.2, 0.25) is 0 Å². The van der Waals surface area contributed by atoms with Crippen molar-refractivity contribution in [3.8, 4) is 6.07 Å². The number of aromatic nitrogens is 1. The molecule has 102 valence electrons. The number of anilines is 2. The van der Waals surface area contributed by atoms with Gasteiger partial charge in [0, 0.05) is 11.4 Å². The van der Waals surface area contributed by atoms with Gasteiger partial charge in [-0.05, 0) is 44.0 Å². The molecule has 1 heterocycles. The fourth-order valence-electron chi connectivity index (χ4n) is 2.27. The number of nitrogens with one attached hydrogen (secondary N) is 1. The van der Waals surface area contributed by atoms with Crippen LogP contribution in [-0.2, 0) is 6.42 Å². The van der Waals surface area contributed by atoms with Crippen LogP contribution in [0.15, 0.2) is 30.3 Å². The minimum absolute atomic E-state index is 0.605. The van der Waals surface area contributed by atoms with Crippen LogP contribution in [-0.4, -0.2) is 4.98 Å². The third kappa shape index (κ3) is 3.16. The van der Waals surface area contributed by atoms with Gasteiger partial charge >= 0.3 is 0 Å². The molecule has 0 bridgehead atoms. The maximum atomic E-state index is 9.25. The fraction of sp³-hybridized carbons (Fsp3) is 0.294. The molecule has 0 radical (unpaired) electrons. The second kappa shape index (κ2) is 6.21. The van der Waals surface area contributed by atoms with Crippen LogP contribution in [0.5, 0.6) is 0 Å². The summed E-state index contributed by atoms with van der Waals surface area (Å²) >= 11 is 0. The van der Waals surface area contributed by atoms with Gasteiger partial charge in [-0.2, -0.15) is 5.26 Å². The fourth-order valence-corrected chi connectivity index (χ4v) is 2.27. The summed E-state index contributed by atoms with van der Waals surface area (Å²) in [4.78, 5) is 4.32. The number of hydrogen-bond acceptors (Lipinski definition) is 3. The molecule has 2 rings (SSSR count). The Hall–Kier alpha value is -2.34. The lowest BCUT2D eigenvalue weighted by atomic mass is 10.1. The van der Waals surface area contributed by atoms with Crippen molar-refractivity contribution in [1.82, 2.24) is 4.98 Å². The average Bonchev–Trinajstić information content (AvgIpc) is 2.41. The van der Waals surface area contributed by atoms with E-state index in [1.165, 1.54) is 5.56 Å². The largest absolute Gasteiger partial charge is 0.354 e. The summed E-state index contributed by atoms with van der Waals surface area (Å²) in [5.74, 6) is 0. The van der Waals surface area contributed by atoms with Crippen molar-refractivity contribution < 1.29 is 0 Å². The van der Waals surface area contributed by atoms with E-state index in [1.54, 1.807) is 0 Å². The topological polar surface area (TPSA) is 48.7 Å². The molecule has 0 aliphatic heterocycles. The molecule has 0 unspecified atom stereocenters. The van der Waals surface area contributed by atoms with Gasteiger partial charge in [0.1, 0.15) is 6.07 Å². The molecule has 1 aromatic carbocycles. The highest BCUT2D eigenvalue weighted by Gasteiger charge is 2.08. The maximum absolute atomic E-state index is 9.25. The van der Waals surface area contributed by atoms with Crippen molar-refractivity contribution in [1.29, 1.82) is 5.26 Å². The summed E-state index contributed by atoms with van der Waals surface area (Å²) < 4.78 is 0. The molecule has 0 atom stereocenters. The van der Waals surface area contributed by atoms with E-state index in [1.807, 2.05) is 19.9 Å². The van der Waals surface area contributed by atoms with E-state index in [2.05, 4.69) is 47.6 Å². The van der Waals surface area contributed by atoms with Crippen LogP contribution >= 0.6 is 0 Å². The molecule has 0 aliphatic carbocycles. The molecular formula is C17H19N3. The van der Waals surface area contributed by atoms with E-state index in [0.717, 1.165) is 35.6 Å². The SMILES string of the molecule is CCCc1ccc(Nc2cc(C)nc(C)c2C#N)cc1. The zero-order valence-electron chi connectivity index (χ0n) is 12.2. The van der Waals surface area contributed by atoms with Crippen LogP contribution in [0.1, 0.15) is 35.9 Å². The lowest BCUT2D eigenvalue weighted by molar-refractivity contribution is 0.922. The number of hydrogen-bond donors (Lipinski definition) is 1. The predicted octanol–water partition coefficient (Wildman–Crippen LogP) is 4.27. The minimum atomic E-state index is 0.605. The molecule has 0 saturated heterocycles. The highest BCUT2D eigenvalue weighted by molar-refractivity contribution is 5.67. The van der Waals surface area contributed by atoms with Gasteiger partial charge in [-0.25, -0.2) is 0 Å². The first kappa shape index (κ1) is 14.1. The highest BCUT2D eigenvalue weighted by Crippen LogP contribution is 2.23. The van der Waals surface area contributed by atoms with Crippen LogP contribution in [0, 0.1) is 25.2 Å². The number of rotatable bonds is 4. The van der Waals surface area contributed by atoms with E-state index in [0.29, 0.717) is 5.56 Å². The Balaban J connectivity index is 2.28. The first-order chi connectivity index (χ1) is 9.63. The van der Waals surface area contributed by atoms with Crippen molar-refractivity contribution >= 4 is 11.4 Å². The van der Waals surface area contributed by atoms with E-state index >= 15 is 0 Å². The molecule has 0 aliphatic rings. The van der Waals surface area contributed by atoms with Crippen molar-refractivity contribution in [2.45, 2.75) is 33.6 Å². The normalized spacial score (nSPS) is 10.1. The van der Waals surface area contributed by atoms with Crippen molar-refractivity contribution in [2.24, 2.45) is 0 Å². The zero-order chi connectivity index (χ0) is 14.5. The summed E-state index contributed by atoms with van der Waals surface area (Å²) in [6, 6.07) is 12.5. The highest BCUT2D eigenvalue weighted by atomic mass is 14.9. The number of pyridine rings is 1. The Morgan fingerprint density at radius 2 is 1.90 bits per heavy atom. The summed E-state index contributed by atoms with van der Waals surface area (Å²) in [6.45, 7) is 5.97. The first-order valence-corrected chi connectivity index (χ1v) is 6.88. The van der Waals surface area contributed by atoms with Gasteiger partial charge in [-0.15, -0.1) is 0 Å².